The Morgan fingerprint density at radius 2 is 1.93 bits per heavy atom. The van der Waals surface area contributed by atoms with E-state index in [1.165, 1.54) is 71.0 Å². The van der Waals surface area contributed by atoms with Crippen LogP contribution in [0, 0.1) is 5.92 Å². The second-order valence-corrected chi connectivity index (χ2v) is 8.52. The van der Waals surface area contributed by atoms with E-state index in [-0.39, 0.29) is 11.9 Å². The zero-order valence-corrected chi connectivity index (χ0v) is 17.7. The average molecular weight is 389 g/mol. The van der Waals surface area contributed by atoms with Crippen LogP contribution in [-0.2, 0) is 0 Å². The standard InChI is InChI=1S/C23H40N4O/c1-20-13-16-27(19-20)15-9-7-5-3-2-4-6-8-12-22(24)18-26-23(28)21-11-10-14-25-17-21/h10-11,14,17,20,22H,2-9,12-13,15-16,18-19,24H2,1H3,(H,26,28). The molecular formula is C23H40N4O. The molecule has 1 amide bonds. The Labute approximate surface area is 171 Å². The van der Waals surface area contributed by atoms with Crippen LogP contribution in [0.15, 0.2) is 24.5 Å². The number of unbranched alkanes of at least 4 members (excludes halogenated alkanes) is 7. The second-order valence-electron chi connectivity index (χ2n) is 8.52. The second kappa shape index (κ2) is 13.7. The lowest BCUT2D eigenvalue weighted by molar-refractivity contribution is 0.0950. The predicted octanol–water partition coefficient (Wildman–Crippen LogP) is 3.99. The quantitative estimate of drug-likeness (QED) is 0.473. The number of hydrogen-bond acceptors (Lipinski definition) is 4. The van der Waals surface area contributed by atoms with Crippen molar-refractivity contribution in [1.29, 1.82) is 0 Å². The Balaban J connectivity index is 1.35. The molecule has 0 aliphatic carbocycles. The minimum Gasteiger partial charge on any atom is -0.350 e. The van der Waals surface area contributed by atoms with Crippen molar-refractivity contribution in [3.05, 3.63) is 30.1 Å². The van der Waals surface area contributed by atoms with Crippen molar-refractivity contribution in [2.75, 3.05) is 26.2 Å². The minimum atomic E-state index is -0.0946. The smallest absolute Gasteiger partial charge is 0.252 e. The number of nitrogens with two attached hydrogens (primary N) is 1. The topological polar surface area (TPSA) is 71.2 Å². The van der Waals surface area contributed by atoms with Crippen molar-refractivity contribution in [2.45, 2.75) is 77.2 Å². The monoisotopic (exact) mass is 388 g/mol. The molecule has 5 heteroatoms. The Morgan fingerprint density at radius 3 is 2.57 bits per heavy atom. The largest absolute Gasteiger partial charge is 0.350 e. The Kier molecular flexibility index (Phi) is 11.1. The number of aromatic nitrogens is 1. The number of carbonyl (C=O) groups is 1. The van der Waals surface area contributed by atoms with Crippen molar-refractivity contribution in [3.8, 4) is 0 Å². The molecule has 1 aliphatic rings. The van der Waals surface area contributed by atoms with Gasteiger partial charge in [-0.25, -0.2) is 0 Å². The summed E-state index contributed by atoms with van der Waals surface area (Å²) in [5, 5.41) is 2.89. The van der Waals surface area contributed by atoms with Crippen molar-refractivity contribution in [1.82, 2.24) is 15.2 Å². The number of carbonyl (C=O) groups excluding carboxylic acids is 1. The lowest BCUT2D eigenvalue weighted by atomic mass is 10.0. The van der Waals surface area contributed by atoms with Crippen LogP contribution in [-0.4, -0.2) is 48.0 Å². The summed E-state index contributed by atoms with van der Waals surface area (Å²) < 4.78 is 0. The van der Waals surface area contributed by atoms with Crippen LogP contribution in [0.1, 0.15) is 81.5 Å². The van der Waals surface area contributed by atoms with Gasteiger partial charge in [0.05, 0.1) is 5.56 Å². The maximum Gasteiger partial charge on any atom is 0.252 e. The zero-order chi connectivity index (χ0) is 20.0. The Hall–Kier alpha value is -1.46. The summed E-state index contributed by atoms with van der Waals surface area (Å²) in [5.41, 5.74) is 6.71. The van der Waals surface area contributed by atoms with Crippen LogP contribution >= 0.6 is 0 Å². The van der Waals surface area contributed by atoms with Gasteiger partial charge in [0.1, 0.15) is 0 Å². The Morgan fingerprint density at radius 1 is 1.21 bits per heavy atom. The fourth-order valence-electron chi connectivity index (χ4n) is 3.96. The van der Waals surface area contributed by atoms with Crippen LogP contribution in [0.2, 0.25) is 0 Å². The van der Waals surface area contributed by atoms with Gasteiger partial charge in [-0.2, -0.15) is 0 Å². The molecule has 1 aliphatic heterocycles. The number of pyridine rings is 1. The summed E-state index contributed by atoms with van der Waals surface area (Å²) in [6.07, 6.45) is 16.1. The summed E-state index contributed by atoms with van der Waals surface area (Å²) in [6, 6.07) is 3.57. The highest BCUT2D eigenvalue weighted by molar-refractivity contribution is 5.93. The van der Waals surface area contributed by atoms with E-state index in [4.69, 9.17) is 5.73 Å². The lowest BCUT2D eigenvalue weighted by Gasteiger charge is -2.14. The van der Waals surface area contributed by atoms with E-state index in [0.717, 1.165) is 18.8 Å². The first-order valence-electron chi connectivity index (χ1n) is 11.3. The summed E-state index contributed by atoms with van der Waals surface area (Å²) in [6.45, 7) is 6.83. The van der Waals surface area contributed by atoms with Crippen LogP contribution < -0.4 is 11.1 Å². The molecule has 5 nitrogen and oxygen atoms in total. The molecule has 1 fully saturated rings. The van der Waals surface area contributed by atoms with Crippen molar-refractivity contribution >= 4 is 5.91 Å². The van der Waals surface area contributed by atoms with Gasteiger partial charge in [0.2, 0.25) is 0 Å². The number of hydrogen-bond donors (Lipinski definition) is 2. The van der Waals surface area contributed by atoms with Crippen molar-refractivity contribution < 1.29 is 4.79 Å². The maximum absolute atomic E-state index is 12.0. The third-order valence-electron chi connectivity index (χ3n) is 5.76. The van der Waals surface area contributed by atoms with Gasteiger partial charge in [-0.15, -0.1) is 0 Å². The van der Waals surface area contributed by atoms with Crippen molar-refractivity contribution in [2.24, 2.45) is 11.7 Å². The summed E-state index contributed by atoms with van der Waals surface area (Å²) in [4.78, 5) is 18.5. The zero-order valence-electron chi connectivity index (χ0n) is 17.7. The highest BCUT2D eigenvalue weighted by Gasteiger charge is 2.17. The maximum atomic E-state index is 12.0. The van der Waals surface area contributed by atoms with E-state index in [1.54, 1.807) is 24.5 Å². The molecule has 0 bridgehead atoms. The normalized spacial score (nSPS) is 18.3. The average Bonchev–Trinajstić information content (AvgIpc) is 3.13. The highest BCUT2D eigenvalue weighted by atomic mass is 16.1. The number of amides is 1. The van der Waals surface area contributed by atoms with Gasteiger partial charge in [-0.05, 0) is 50.4 Å². The van der Waals surface area contributed by atoms with Crippen LogP contribution in [0.5, 0.6) is 0 Å². The number of nitrogens with one attached hydrogen (secondary N) is 1. The minimum absolute atomic E-state index is 0.0360. The molecule has 0 aromatic carbocycles. The molecule has 3 N–H and O–H groups in total. The van der Waals surface area contributed by atoms with E-state index >= 15 is 0 Å². The molecule has 28 heavy (non-hydrogen) atoms. The van der Waals surface area contributed by atoms with Crippen LogP contribution in [0.3, 0.4) is 0 Å². The number of rotatable bonds is 14. The first-order valence-corrected chi connectivity index (χ1v) is 11.3. The molecule has 2 unspecified atom stereocenters. The van der Waals surface area contributed by atoms with Gasteiger partial charge in [-0.3, -0.25) is 9.78 Å². The van der Waals surface area contributed by atoms with Gasteiger partial charge in [0, 0.05) is 31.5 Å². The molecular weight excluding hydrogens is 348 g/mol. The molecule has 158 valence electrons. The van der Waals surface area contributed by atoms with Gasteiger partial charge in [0.25, 0.3) is 5.91 Å². The first-order chi connectivity index (χ1) is 13.6. The Bertz CT molecular complexity index is 537. The summed E-state index contributed by atoms with van der Waals surface area (Å²) in [5.74, 6) is 0.813. The lowest BCUT2D eigenvalue weighted by Crippen LogP contribution is -2.37. The molecule has 2 heterocycles. The third-order valence-corrected chi connectivity index (χ3v) is 5.76. The molecule has 2 rings (SSSR count). The SMILES string of the molecule is CC1CCN(CCCCCCCCCCC(N)CNC(=O)c2cccnc2)C1. The van der Waals surface area contributed by atoms with Crippen molar-refractivity contribution in [3.63, 3.8) is 0 Å². The third kappa shape index (κ3) is 9.65. The molecule has 1 aromatic rings. The molecule has 1 saturated heterocycles. The molecule has 0 radical (unpaired) electrons. The summed E-state index contributed by atoms with van der Waals surface area (Å²) in [7, 11) is 0. The number of likely N-dealkylation sites (tertiary alicyclic amines) is 1. The molecule has 2 atom stereocenters. The van der Waals surface area contributed by atoms with Crippen LogP contribution in [0.4, 0.5) is 0 Å². The fourth-order valence-corrected chi connectivity index (χ4v) is 3.96. The van der Waals surface area contributed by atoms with Gasteiger partial charge in [0.15, 0.2) is 0 Å². The van der Waals surface area contributed by atoms with Crippen LogP contribution in [0.25, 0.3) is 0 Å². The van der Waals surface area contributed by atoms with E-state index in [1.807, 2.05) is 0 Å². The highest BCUT2D eigenvalue weighted by Crippen LogP contribution is 2.16. The predicted molar refractivity (Wildman–Crippen MR) is 116 cm³/mol. The van der Waals surface area contributed by atoms with E-state index in [2.05, 4.69) is 22.1 Å². The molecule has 1 aromatic heterocycles. The van der Waals surface area contributed by atoms with E-state index in [9.17, 15) is 4.79 Å². The molecule has 0 saturated carbocycles. The first kappa shape index (κ1) is 22.8. The summed E-state index contributed by atoms with van der Waals surface area (Å²) >= 11 is 0. The van der Waals surface area contributed by atoms with E-state index in [0.29, 0.717) is 12.1 Å². The van der Waals surface area contributed by atoms with Gasteiger partial charge >= 0.3 is 0 Å². The fraction of sp³-hybridized carbons (Fsp3) is 0.739. The number of nitrogens with zero attached hydrogens (tertiary/aromatic N) is 2. The van der Waals surface area contributed by atoms with Gasteiger partial charge < -0.3 is 16.0 Å². The molecule has 0 spiro atoms. The van der Waals surface area contributed by atoms with E-state index < -0.39 is 0 Å². The van der Waals surface area contributed by atoms with Gasteiger partial charge in [-0.1, -0.05) is 51.9 Å².